The molecule has 2 aromatic rings. The fourth-order valence-electron chi connectivity index (χ4n) is 13.6. The molecule has 8 aliphatic carbocycles. The van der Waals surface area contributed by atoms with Crippen molar-refractivity contribution in [1.29, 1.82) is 0 Å². The maximum absolute atomic E-state index is 13.4. The summed E-state index contributed by atoms with van der Waals surface area (Å²) in [5.74, 6) is 2.91. The SMILES string of the molecule is O=C(N[C@H]1CCCN(c2cccc(OC(F)F)c2)C1)C12CC3CC(C1)C(O)C(C3)C2.O=C(N[C@H]1CCCN(c2cccc(OC(F)F)c2)C1)C12CC3CC(C1)C(O)C(C3)C2. The number of carbonyl (C=O) groups is 2. The van der Waals surface area contributed by atoms with E-state index >= 15 is 0 Å². The van der Waals surface area contributed by atoms with Crippen molar-refractivity contribution >= 4 is 23.2 Å². The Hall–Kier alpha value is -3.78. The molecule has 2 heterocycles. The van der Waals surface area contributed by atoms with Gasteiger partial charge in [0.25, 0.3) is 0 Å². The Kier molecular flexibility index (Phi) is 11.7. The maximum atomic E-state index is 13.4. The molecule has 4 unspecified atom stereocenters. The molecule has 10 fully saturated rings. The van der Waals surface area contributed by atoms with E-state index in [9.17, 15) is 37.4 Å². The van der Waals surface area contributed by atoms with E-state index in [1.807, 2.05) is 12.1 Å². The number of hydrogen-bond acceptors (Lipinski definition) is 8. The summed E-state index contributed by atoms with van der Waals surface area (Å²) in [5, 5.41) is 27.6. The van der Waals surface area contributed by atoms with E-state index in [1.54, 1.807) is 24.3 Å². The van der Waals surface area contributed by atoms with Crippen molar-refractivity contribution in [1.82, 2.24) is 10.6 Å². The lowest BCUT2D eigenvalue weighted by Gasteiger charge is -2.58. The maximum Gasteiger partial charge on any atom is 0.387 e. The van der Waals surface area contributed by atoms with E-state index in [1.165, 1.54) is 12.1 Å². The predicted molar refractivity (Wildman–Crippen MR) is 217 cm³/mol. The van der Waals surface area contributed by atoms with Crippen molar-refractivity contribution in [3.05, 3.63) is 48.5 Å². The number of carbonyl (C=O) groups excluding carboxylic acids is 2. The number of hydrogen-bond donors (Lipinski definition) is 4. The molecule has 12 rings (SSSR count). The molecule has 0 spiro atoms. The van der Waals surface area contributed by atoms with Gasteiger partial charge in [-0.1, -0.05) is 12.1 Å². The molecule has 60 heavy (non-hydrogen) atoms. The summed E-state index contributed by atoms with van der Waals surface area (Å²) in [7, 11) is 0. The van der Waals surface area contributed by atoms with Crippen LogP contribution >= 0.6 is 0 Å². The van der Waals surface area contributed by atoms with Gasteiger partial charge in [-0.15, -0.1) is 0 Å². The van der Waals surface area contributed by atoms with Crippen LogP contribution < -0.4 is 29.9 Å². The molecule has 8 bridgehead atoms. The van der Waals surface area contributed by atoms with Gasteiger partial charge in [-0.25, -0.2) is 0 Å². The van der Waals surface area contributed by atoms with E-state index in [0.29, 0.717) is 24.9 Å². The van der Waals surface area contributed by atoms with E-state index < -0.39 is 13.2 Å². The molecule has 4 N–H and O–H groups in total. The third-order valence-corrected chi connectivity index (χ3v) is 15.7. The average molecular weight is 841 g/mol. The van der Waals surface area contributed by atoms with Crippen molar-refractivity contribution in [3.63, 3.8) is 0 Å². The Morgan fingerprint density at radius 3 is 1.37 bits per heavy atom. The van der Waals surface area contributed by atoms with Gasteiger partial charge in [0.15, 0.2) is 0 Å². The second-order valence-corrected chi connectivity index (χ2v) is 19.8. The Balaban J connectivity index is 0.000000154. The largest absolute Gasteiger partial charge is 0.435 e. The summed E-state index contributed by atoms with van der Waals surface area (Å²) >= 11 is 0. The highest BCUT2D eigenvalue weighted by molar-refractivity contribution is 5.84. The summed E-state index contributed by atoms with van der Waals surface area (Å²) in [6.45, 7) is -2.69. The topological polar surface area (TPSA) is 124 Å². The zero-order chi connectivity index (χ0) is 41.8. The number of aliphatic hydroxyl groups is 2. The van der Waals surface area contributed by atoms with Crippen LogP contribution in [-0.4, -0.2) is 85.7 Å². The first kappa shape index (κ1) is 41.6. The highest BCUT2D eigenvalue weighted by Crippen LogP contribution is 2.61. The number of halogens is 4. The molecule has 10 aliphatic rings. The lowest BCUT2D eigenvalue weighted by molar-refractivity contribution is -0.164. The van der Waals surface area contributed by atoms with E-state index in [0.717, 1.165) is 114 Å². The standard InChI is InChI=1S/2C23H30F2N2O3/c2*24-22(25)30-19-5-1-4-18(9-19)27-6-2-3-17(13-27)26-21(29)23-10-14-7-15(11-23)20(28)16(8-14)12-23/h2*1,4-5,9,14-17,20,22,28H,2-3,6-8,10-13H2,(H,26,29)/t2*14?,15?,16?,17-,20?,23?/m00/s1. The first-order chi connectivity index (χ1) is 28.8. The van der Waals surface area contributed by atoms with Crippen molar-refractivity contribution in [2.45, 2.75) is 127 Å². The molecule has 0 radical (unpaired) electrons. The Morgan fingerprint density at radius 1 is 0.617 bits per heavy atom. The zero-order valence-electron chi connectivity index (χ0n) is 34.2. The summed E-state index contributed by atoms with van der Waals surface area (Å²) in [5.41, 5.74) is 1.07. The predicted octanol–water partition coefficient (Wildman–Crippen LogP) is 7.12. The van der Waals surface area contributed by atoms with Crippen LogP contribution in [0.4, 0.5) is 28.9 Å². The molecule has 2 saturated heterocycles. The van der Waals surface area contributed by atoms with Crippen LogP contribution in [0.3, 0.4) is 0 Å². The number of anilines is 2. The van der Waals surface area contributed by atoms with E-state index in [2.05, 4.69) is 29.9 Å². The lowest BCUT2D eigenvalue weighted by atomic mass is 9.48. The molecule has 6 atom stereocenters. The van der Waals surface area contributed by atoms with E-state index in [4.69, 9.17) is 0 Å². The molecule has 2 aromatic carbocycles. The first-order valence-corrected chi connectivity index (χ1v) is 22.4. The summed E-state index contributed by atoms with van der Waals surface area (Å²) in [6.07, 6.45) is 12.7. The Labute approximate surface area is 349 Å². The van der Waals surface area contributed by atoms with Crippen molar-refractivity contribution in [3.8, 4) is 11.5 Å². The molecular weight excluding hydrogens is 781 g/mol. The van der Waals surface area contributed by atoms with Crippen LogP contribution in [0.15, 0.2) is 48.5 Å². The van der Waals surface area contributed by atoms with Crippen LogP contribution in [0.2, 0.25) is 0 Å². The molecule has 10 nitrogen and oxygen atoms in total. The number of alkyl halides is 4. The van der Waals surface area contributed by atoms with Gasteiger partial charge >= 0.3 is 13.2 Å². The molecule has 14 heteroatoms. The van der Waals surface area contributed by atoms with Crippen LogP contribution in [0.1, 0.15) is 89.9 Å². The van der Waals surface area contributed by atoms with E-state index in [-0.39, 0.29) is 82.1 Å². The fourth-order valence-corrected chi connectivity index (χ4v) is 13.6. The summed E-state index contributed by atoms with van der Waals surface area (Å²) < 4.78 is 59.2. The number of amides is 2. The summed E-state index contributed by atoms with van der Waals surface area (Å²) in [6, 6.07) is 13.6. The van der Waals surface area contributed by atoms with Gasteiger partial charge in [0.2, 0.25) is 11.8 Å². The van der Waals surface area contributed by atoms with Gasteiger partial charge in [0, 0.05) is 61.8 Å². The Bertz CT molecular complexity index is 1710. The molecule has 328 valence electrons. The smallest absolute Gasteiger partial charge is 0.387 e. The summed E-state index contributed by atoms with van der Waals surface area (Å²) in [4.78, 5) is 31.0. The average Bonchev–Trinajstić information content (AvgIpc) is 3.21. The third kappa shape index (κ3) is 8.52. The minimum Gasteiger partial charge on any atom is -0.435 e. The molecule has 0 aromatic heterocycles. The molecular formula is C46H60F4N4O6. The number of rotatable bonds is 10. The third-order valence-electron chi connectivity index (χ3n) is 15.7. The highest BCUT2D eigenvalue weighted by atomic mass is 19.3. The van der Waals surface area contributed by atoms with Gasteiger partial charge in [-0.05, 0) is 150 Å². The first-order valence-electron chi connectivity index (χ1n) is 22.4. The number of piperidine rings is 2. The minimum atomic E-state index is -2.84. The zero-order valence-corrected chi connectivity index (χ0v) is 34.2. The fraction of sp³-hybridized carbons (Fsp3) is 0.696. The second kappa shape index (κ2) is 16.8. The van der Waals surface area contributed by atoms with Gasteiger partial charge in [0.05, 0.1) is 23.0 Å². The normalized spacial score (nSPS) is 37.5. The number of aliphatic hydroxyl groups excluding tert-OH is 2. The van der Waals surface area contributed by atoms with Gasteiger partial charge < -0.3 is 40.1 Å². The van der Waals surface area contributed by atoms with Crippen molar-refractivity contribution in [2.75, 3.05) is 36.0 Å². The van der Waals surface area contributed by atoms with Gasteiger partial charge in [-0.2, -0.15) is 17.6 Å². The molecule has 2 amide bonds. The number of nitrogens with one attached hydrogen (secondary N) is 2. The number of nitrogens with zero attached hydrogens (tertiary/aromatic N) is 2. The monoisotopic (exact) mass is 840 g/mol. The number of benzene rings is 2. The second-order valence-electron chi connectivity index (χ2n) is 19.8. The quantitative estimate of drug-likeness (QED) is 0.187. The van der Waals surface area contributed by atoms with Crippen LogP contribution in [0.25, 0.3) is 0 Å². The Morgan fingerprint density at radius 2 is 1.00 bits per heavy atom. The van der Waals surface area contributed by atoms with Gasteiger partial charge in [-0.3, -0.25) is 9.59 Å². The molecule has 8 saturated carbocycles. The van der Waals surface area contributed by atoms with Crippen LogP contribution in [0.5, 0.6) is 11.5 Å². The van der Waals surface area contributed by atoms with Crippen LogP contribution in [0, 0.1) is 46.3 Å². The minimum absolute atomic E-state index is 0.0452. The van der Waals surface area contributed by atoms with Crippen LogP contribution in [-0.2, 0) is 9.59 Å². The van der Waals surface area contributed by atoms with Crippen molar-refractivity contribution < 1.29 is 46.8 Å². The molecule has 2 aliphatic heterocycles. The number of ether oxygens (including phenoxy) is 2. The highest BCUT2D eigenvalue weighted by Gasteiger charge is 2.59. The lowest BCUT2D eigenvalue weighted by Crippen LogP contribution is -2.60. The van der Waals surface area contributed by atoms with Crippen molar-refractivity contribution in [2.24, 2.45) is 46.3 Å². The van der Waals surface area contributed by atoms with Gasteiger partial charge in [0.1, 0.15) is 11.5 Å².